The van der Waals surface area contributed by atoms with Gasteiger partial charge < -0.3 is 14.4 Å². The van der Waals surface area contributed by atoms with Crippen LogP contribution in [0.2, 0.25) is 0 Å². The quantitative estimate of drug-likeness (QED) is 0.939. The van der Waals surface area contributed by atoms with Gasteiger partial charge in [0.2, 0.25) is 0 Å². The van der Waals surface area contributed by atoms with Gasteiger partial charge in [-0.25, -0.2) is 4.79 Å². The molecule has 0 saturated carbocycles. The highest BCUT2D eigenvalue weighted by molar-refractivity contribution is 9.10. The number of rotatable bonds is 4. The van der Waals surface area contributed by atoms with Crippen molar-refractivity contribution < 1.29 is 19.2 Å². The minimum atomic E-state index is -1.03. The SMILES string of the molecule is C[C@H](Oc1ccc(Br)cc1-c1ccno1)C(=O)O. The molecule has 1 aromatic carbocycles. The van der Waals surface area contributed by atoms with E-state index in [-0.39, 0.29) is 0 Å². The summed E-state index contributed by atoms with van der Waals surface area (Å²) in [5.41, 5.74) is 0.648. The predicted octanol–water partition coefficient (Wildman–Crippen LogP) is 2.96. The van der Waals surface area contributed by atoms with Gasteiger partial charge in [-0.3, -0.25) is 0 Å². The van der Waals surface area contributed by atoms with Gasteiger partial charge in [0.25, 0.3) is 0 Å². The third-order valence-electron chi connectivity index (χ3n) is 2.30. The van der Waals surface area contributed by atoms with Crippen molar-refractivity contribution in [2.75, 3.05) is 0 Å². The molecule has 0 aliphatic heterocycles. The number of hydrogen-bond donors (Lipinski definition) is 1. The monoisotopic (exact) mass is 311 g/mol. The van der Waals surface area contributed by atoms with Gasteiger partial charge in [0.15, 0.2) is 11.9 Å². The van der Waals surface area contributed by atoms with E-state index >= 15 is 0 Å². The van der Waals surface area contributed by atoms with Gasteiger partial charge in [0.05, 0.1) is 11.8 Å². The van der Waals surface area contributed by atoms with Crippen LogP contribution in [0.5, 0.6) is 5.75 Å². The Morgan fingerprint density at radius 3 is 2.89 bits per heavy atom. The van der Waals surface area contributed by atoms with E-state index in [1.807, 2.05) is 0 Å². The third kappa shape index (κ3) is 2.70. The first-order valence-corrected chi connectivity index (χ1v) is 5.97. The molecule has 0 fully saturated rings. The highest BCUT2D eigenvalue weighted by atomic mass is 79.9. The van der Waals surface area contributed by atoms with Crippen molar-refractivity contribution in [1.82, 2.24) is 5.16 Å². The Hall–Kier alpha value is -1.82. The number of aromatic nitrogens is 1. The molecular weight excluding hydrogens is 302 g/mol. The van der Waals surface area contributed by atoms with Gasteiger partial charge in [-0.15, -0.1) is 0 Å². The number of carboxylic acids is 1. The second kappa shape index (κ2) is 5.22. The Morgan fingerprint density at radius 2 is 2.28 bits per heavy atom. The van der Waals surface area contributed by atoms with Crippen LogP contribution < -0.4 is 4.74 Å². The number of benzene rings is 1. The molecule has 1 N–H and O–H groups in total. The van der Waals surface area contributed by atoms with Crippen molar-refractivity contribution in [2.24, 2.45) is 0 Å². The lowest BCUT2D eigenvalue weighted by Crippen LogP contribution is -2.23. The second-order valence-electron chi connectivity index (χ2n) is 3.62. The molecule has 0 spiro atoms. The van der Waals surface area contributed by atoms with Gasteiger partial charge in [0.1, 0.15) is 5.75 Å². The largest absolute Gasteiger partial charge is 0.479 e. The van der Waals surface area contributed by atoms with Crippen molar-refractivity contribution in [3.8, 4) is 17.1 Å². The number of ether oxygens (including phenoxy) is 1. The molecule has 2 rings (SSSR count). The number of carboxylic acid groups (broad SMARTS) is 1. The molecule has 1 heterocycles. The summed E-state index contributed by atoms with van der Waals surface area (Å²) < 4.78 is 11.3. The van der Waals surface area contributed by atoms with E-state index in [9.17, 15) is 4.79 Å². The summed E-state index contributed by atoms with van der Waals surface area (Å²) in [5.74, 6) is -0.0739. The van der Waals surface area contributed by atoms with Crippen LogP contribution in [0, 0.1) is 0 Å². The van der Waals surface area contributed by atoms with Gasteiger partial charge in [0, 0.05) is 10.5 Å². The van der Waals surface area contributed by atoms with Gasteiger partial charge >= 0.3 is 5.97 Å². The number of aliphatic carboxylic acids is 1. The Balaban J connectivity index is 2.38. The van der Waals surface area contributed by atoms with E-state index in [0.717, 1.165) is 4.47 Å². The summed E-state index contributed by atoms with van der Waals surface area (Å²) in [6.45, 7) is 1.47. The van der Waals surface area contributed by atoms with E-state index in [2.05, 4.69) is 21.1 Å². The maximum atomic E-state index is 10.8. The maximum Gasteiger partial charge on any atom is 0.344 e. The lowest BCUT2D eigenvalue weighted by atomic mass is 10.1. The van der Waals surface area contributed by atoms with E-state index < -0.39 is 12.1 Å². The van der Waals surface area contributed by atoms with Crippen LogP contribution in [0.15, 0.2) is 39.5 Å². The standard InChI is InChI=1S/C12H10BrNO4/c1-7(12(15)16)17-10-3-2-8(13)6-9(10)11-4-5-14-18-11/h2-7H,1H3,(H,15,16)/t7-/m0/s1. The normalized spacial score (nSPS) is 12.1. The fourth-order valence-corrected chi connectivity index (χ4v) is 1.75. The Labute approximate surface area is 111 Å². The molecule has 0 unspecified atom stereocenters. The zero-order valence-electron chi connectivity index (χ0n) is 9.46. The lowest BCUT2D eigenvalue weighted by Gasteiger charge is -2.13. The Kier molecular flexibility index (Phi) is 3.66. The molecule has 0 aliphatic rings. The lowest BCUT2D eigenvalue weighted by molar-refractivity contribution is -0.144. The van der Waals surface area contributed by atoms with E-state index in [1.165, 1.54) is 13.1 Å². The molecule has 2 aromatic rings. The van der Waals surface area contributed by atoms with E-state index in [4.69, 9.17) is 14.4 Å². The molecule has 0 amide bonds. The van der Waals surface area contributed by atoms with Crippen molar-refractivity contribution in [1.29, 1.82) is 0 Å². The van der Waals surface area contributed by atoms with Gasteiger partial charge in [-0.05, 0) is 25.1 Å². The van der Waals surface area contributed by atoms with Crippen molar-refractivity contribution in [3.63, 3.8) is 0 Å². The second-order valence-corrected chi connectivity index (χ2v) is 4.53. The Morgan fingerprint density at radius 1 is 1.50 bits per heavy atom. The molecule has 1 aromatic heterocycles. The molecule has 18 heavy (non-hydrogen) atoms. The molecular formula is C12H10BrNO4. The van der Waals surface area contributed by atoms with Crippen LogP contribution in [-0.2, 0) is 4.79 Å². The molecule has 0 aliphatic carbocycles. The van der Waals surface area contributed by atoms with Crippen LogP contribution >= 0.6 is 15.9 Å². The topological polar surface area (TPSA) is 72.6 Å². The van der Waals surface area contributed by atoms with Crippen molar-refractivity contribution in [3.05, 3.63) is 34.9 Å². The molecule has 6 heteroatoms. The summed E-state index contributed by atoms with van der Waals surface area (Å²) in [6, 6.07) is 6.91. The summed E-state index contributed by atoms with van der Waals surface area (Å²) in [6.07, 6.45) is 0.577. The molecule has 0 bridgehead atoms. The smallest absolute Gasteiger partial charge is 0.344 e. The maximum absolute atomic E-state index is 10.8. The van der Waals surface area contributed by atoms with Gasteiger partial charge in [-0.1, -0.05) is 21.1 Å². The highest BCUT2D eigenvalue weighted by Crippen LogP contribution is 2.33. The molecule has 0 saturated heterocycles. The van der Waals surface area contributed by atoms with Crippen LogP contribution in [-0.4, -0.2) is 22.3 Å². The van der Waals surface area contributed by atoms with E-state index in [0.29, 0.717) is 17.1 Å². The fraction of sp³-hybridized carbons (Fsp3) is 0.167. The minimum absolute atomic E-state index is 0.435. The summed E-state index contributed by atoms with van der Waals surface area (Å²) in [4.78, 5) is 10.8. The predicted molar refractivity (Wildman–Crippen MR) is 67.4 cm³/mol. The fourth-order valence-electron chi connectivity index (χ4n) is 1.39. The molecule has 94 valence electrons. The van der Waals surface area contributed by atoms with Crippen molar-refractivity contribution >= 4 is 21.9 Å². The molecule has 1 atom stereocenters. The first-order valence-electron chi connectivity index (χ1n) is 5.18. The number of nitrogens with zero attached hydrogens (tertiary/aromatic N) is 1. The summed E-state index contributed by atoms with van der Waals surface area (Å²) >= 11 is 3.34. The van der Waals surface area contributed by atoms with E-state index in [1.54, 1.807) is 24.3 Å². The van der Waals surface area contributed by atoms with Crippen molar-refractivity contribution in [2.45, 2.75) is 13.0 Å². The minimum Gasteiger partial charge on any atom is -0.479 e. The number of hydrogen-bond acceptors (Lipinski definition) is 4. The molecule has 5 nitrogen and oxygen atoms in total. The first kappa shape index (κ1) is 12.6. The zero-order valence-corrected chi connectivity index (χ0v) is 11.0. The number of halogens is 1. The average Bonchev–Trinajstić information content (AvgIpc) is 2.84. The zero-order chi connectivity index (χ0) is 13.1. The Bertz CT molecular complexity index is 553. The van der Waals surface area contributed by atoms with Crippen LogP contribution in [0.1, 0.15) is 6.92 Å². The average molecular weight is 312 g/mol. The number of carbonyl (C=O) groups is 1. The summed E-state index contributed by atoms with van der Waals surface area (Å²) in [7, 11) is 0. The molecule has 0 radical (unpaired) electrons. The van der Waals surface area contributed by atoms with Crippen LogP contribution in [0.25, 0.3) is 11.3 Å². The van der Waals surface area contributed by atoms with Crippen LogP contribution in [0.3, 0.4) is 0 Å². The first-order chi connectivity index (χ1) is 8.58. The van der Waals surface area contributed by atoms with Crippen LogP contribution in [0.4, 0.5) is 0 Å². The third-order valence-corrected chi connectivity index (χ3v) is 2.79. The summed E-state index contributed by atoms with van der Waals surface area (Å²) in [5, 5.41) is 12.5. The highest BCUT2D eigenvalue weighted by Gasteiger charge is 2.17. The van der Waals surface area contributed by atoms with Gasteiger partial charge in [-0.2, -0.15) is 0 Å².